The first-order chi connectivity index (χ1) is 23.2. The van der Waals surface area contributed by atoms with Gasteiger partial charge in [-0.25, -0.2) is 28.6 Å². The highest BCUT2D eigenvalue weighted by Gasteiger charge is 2.55. The highest BCUT2D eigenvalue weighted by atomic mass is 32.1. The van der Waals surface area contributed by atoms with E-state index in [0.29, 0.717) is 17.0 Å². The Morgan fingerprint density at radius 3 is 2.16 bits per heavy atom. The van der Waals surface area contributed by atoms with Crippen LogP contribution < -0.4 is 0 Å². The van der Waals surface area contributed by atoms with Crippen LogP contribution in [-0.4, -0.2) is 129 Å². The number of esters is 2. The van der Waals surface area contributed by atoms with Crippen LogP contribution >= 0.6 is 18.9 Å². The van der Waals surface area contributed by atoms with E-state index in [4.69, 9.17) is 14.2 Å². The van der Waals surface area contributed by atoms with Crippen molar-refractivity contribution in [2.45, 2.75) is 65.6 Å². The molecule has 17 heteroatoms. The van der Waals surface area contributed by atoms with Gasteiger partial charge >= 0.3 is 31.5 Å². The molecule has 15 nitrogen and oxygen atoms in total. The minimum atomic E-state index is -5.08. The van der Waals surface area contributed by atoms with Crippen LogP contribution in [0.2, 0.25) is 0 Å². The third kappa shape index (κ3) is 9.94. The van der Waals surface area contributed by atoms with Gasteiger partial charge in [-0.15, -0.1) is 11.3 Å². The lowest BCUT2D eigenvalue weighted by molar-refractivity contribution is -0.874. The molecule has 0 aliphatic carbocycles. The molecule has 2 aromatic rings. The van der Waals surface area contributed by atoms with Crippen LogP contribution in [0.4, 0.5) is 4.79 Å². The maximum absolute atomic E-state index is 14.9. The van der Waals surface area contributed by atoms with Gasteiger partial charge in [0.2, 0.25) is 0 Å². The second-order valence-electron chi connectivity index (χ2n) is 11.6. The van der Waals surface area contributed by atoms with Crippen LogP contribution in [0.25, 0.3) is 10.6 Å². The zero-order valence-electron chi connectivity index (χ0n) is 28.5. The summed E-state index contributed by atoms with van der Waals surface area (Å²) in [6.07, 6.45) is -0.279. The number of benzene rings is 1. The molecule has 1 aliphatic rings. The summed E-state index contributed by atoms with van der Waals surface area (Å²) >= 11 is 1.14. The molecule has 3 amide bonds. The molecule has 0 bridgehead atoms. The number of aromatic nitrogens is 1. The fourth-order valence-electron chi connectivity index (χ4n) is 5.65. The summed E-state index contributed by atoms with van der Waals surface area (Å²) in [4.78, 5) is 95.6. The van der Waals surface area contributed by atoms with Crippen molar-refractivity contribution in [3.05, 3.63) is 41.4 Å². The van der Waals surface area contributed by atoms with E-state index < -0.39 is 66.2 Å². The molecule has 1 fully saturated rings. The number of carbonyl (C=O) groups is 5. The Morgan fingerprint density at radius 2 is 1.59 bits per heavy atom. The van der Waals surface area contributed by atoms with E-state index in [9.17, 15) is 38.3 Å². The number of unbranched alkanes of at least 4 members (excludes halogenated alkanes) is 1. The quantitative estimate of drug-likeness (QED) is 0.0898. The van der Waals surface area contributed by atoms with Gasteiger partial charge in [0.1, 0.15) is 29.8 Å². The topological polar surface area (TPSA) is 190 Å². The molecule has 1 saturated heterocycles. The van der Waals surface area contributed by atoms with Crippen LogP contribution in [0.15, 0.2) is 35.7 Å². The predicted molar refractivity (Wildman–Crippen MR) is 179 cm³/mol. The lowest BCUT2D eigenvalue weighted by atomic mass is 10.0. The van der Waals surface area contributed by atoms with Crippen molar-refractivity contribution in [1.82, 2.24) is 14.8 Å². The normalized spacial score (nSPS) is 16.2. The SMILES string of the molecule is CCCCOC(=O)N1CC[N+](C(=O)[C@H](CP(=O)(O)O)N(C(=O)c2csc(-c3ccccc3)n2)C(C)C(=O)OCC)([C@@H](C)C(=O)OCC)CC1. The number of ether oxygens (including phenoxy) is 3. The second-order valence-corrected chi connectivity index (χ2v) is 14.2. The molecule has 1 aromatic heterocycles. The highest BCUT2D eigenvalue weighted by molar-refractivity contribution is 7.51. The molecule has 270 valence electrons. The van der Waals surface area contributed by atoms with E-state index >= 15 is 0 Å². The Hall–Kier alpha value is -3.69. The van der Waals surface area contributed by atoms with Crippen LogP contribution in [0.1, 0.15) is 57.9 Å². The molecule has 0 radical (unpaired) electrons. The minimum absolute atomic E-state index is 0.00275. The monoisotopic (exact) mass is 725 g/mol. The fraction of sp³-hybridized carbons (Fsp3) is 0.562. The van der Waals surface area contributed by atoms with Gasteiger partial charge < -0.3 is 28.9 Å². The van der Waals surface area contributed by atoms with Gasteiger partial charge in [-0.05, 0) is 34.1 Å². The first-order valence-electron chi connectivity index (χ1n) is 16.2. The van der Waals surface area contributed by atoms with Crippen LogP contribution in [-0.2, 0) is 33.2 Å². The van der Waals surface area contributed by atoms with Crippen LogP contribution in [0.3, 0.4) is 0 Å². The van der Waals surface area contributed by atoms with Crippen LogP contribution in [0.5, 0.6) is 0 Å². The minimum Gasteiger partial charge on any atom is -0.464 e. The molecule has 0 saturated carbocycles. The Kier molecular flexibility index (Phi) is 14.4. The zero-order valence-corrected chi connectivity index (χ0v) is 30.2. The van der Waals surface area contributed by atoms with E-state index in [-0.39, 0.29) is 51.7 Å². The van der Waals surface area contributed by atoms with E-state index in [1.807, 2.05) is 13.0 Å². The van der Waals surface area contributed by atoms with Crippen molar-refractivity contribution in [2.75, 3.05) is 52.2 Å². The first kappa shape index (κ1) is 39.7. The predicted octanol–water partition coefficient (Wildman–Crippen LogP) is 3.30. The Balaban J connectivity index is 2.13. The largest absolute Gasteiger partial charge is 0.464 e. The van der Waals surface area contributed by atoms with E-state index in [1.165, 1.54) is 24.1 Å². The number of hydrogen-bond acceptors (Lipinski definition) is 11. The van der Waals surface area contributed by atoms with Gasteiger partial charge in [0, 0.05) is 10.9 Å². The van der Waals surface area contributed by atoms with Gasteiger partial charge in [0.25, 0.3) is 5.91 Å². The highest BCUT2D eigenvalue weighted by Crippen LogP contribution is 2.39. The summed E-state index contributed by atoms with van der Waals surface area (Å²) in [7, 11) is -5.08. The Bertz CT molecular complexity index is 1510. The van der Waals surface area contributed by atoms with Gasteiger partial charge in [-0.3, -0.25) is 14.3 Å². The summed E-state index contributed by atoms with van der Waals surface area (Å²) in [5.74, 6) is -3.52. The first-order valence-corrected chi connectivity index (χ1v) is 18.9. The third-order valence-corrected chi connectivity index (χ3v) is 10.1. The van der Waals surface area contributed by atoms with Gasteiger partial charge in [0.15, 0.2) is 12.1 Å². The lowest BCUT2D eigenvalue weighted by Gasteiger charge is -2.47. The lowest BCUT2D eigenvalue weighted by Crippen LogP contribution is -2.73. The van der Waals surface area contributed by atoms with Crippen molar-refractivity contribution < 1.29 is 57.0 Å². The van der Waals surface area contributed by atoms with Gasteiger partial charge in [0.05, 0.1) is 39.1 Å². The Labute approximate surface area is 289 Å². The molecule has 3 atom stereocenters. The van der Waals surface area contributed by atoms with E-state index in [0.717, 1.165) is 22.7 Å². The number of carbonyl (C=O) groups excluding carboxylic acids is 5. The molecule has 0 spiro atoms. The van der Waals surface area contributed by atoms with Crippen molar-refractivity contribution in [1.29, 1.82) is 0 Å². The second kappa shape index (κ2) is 17.8. The molecule has 49 heavy (non-hydrogen) atoms. The average Bonchev–Trinajstić information content (AvgIpc) is 3.58. The molecule has 2 N–H and O–H groups in total. The summed E-state index contributed by atoms with van der Waals surface area (Å²) < 4.78 is 27.7. The molecule has 1 aliphatic heterocycles. The Morgan fingerprint density at radius 1 is 0.980 bits per heavy atom. The molecule has 1 aromatic carbocycles. The molecule has 3 rings (SSSR count). The smallest absolute Gasteiger partial charge is 0.410 e. The summed E-state index contributed by atoms with van der Waals surface area (Å²) in [5, 5.41) is 1.90. The van der Waals surface area contributed by atoms with E-state index in [2.05, 4.69) is 4.98 Å². The number of hydrogen-bond donors (Lipinski definition) is 2. The summed E-state index contributed by atoms with van der Waals surface area (Å²) in [6, 6.07) is 4.35. The standard InChI is InChI=1S/C32H45N4O11PS/c1-6-9-19-47-32(41)34-15-17-36(18-16-34,23(5)31(40)46-8-3)29(38)26(20-48(42,43)44)35(22(4)30(39)45-7-2)28(37)25-21-49-27(33-25)24-13-11-10-12-14-24/h10-14,21-23,26H,6-9,15-20H2,1-5H3,(H-,42,43,44)/p+1/t22?,23-,26-/m0/s1. The average molecular weight is 726 g/mol. The number of quaternary nitrogens is 1. The zero-order chi connectivity index (χ0) is 36.4. The number of nitrogens with zero attached hydrogens (tertiary/aromatic N) is 4. The van der Waals surface area contributed by atoms with Crippen molar-refractivity contribution >= 4 is 48.8 Å². The molecular weight excluding hydrogens is 679 g/mol. The van der Waals surface area contributed by atoms with Crippen molar-refractivity contribution in [3.8, 4) is 10.6 Å². The number of piperazine rings is 1. The van der Waals surface area contributed by atoms with Crippen LogP contribution in [0, 0.1) is 0 Å². The maximum Gasteiger partial charge on any atom is 0.410 e. The van der Waals surface area contributed by atoms with E-state index in [1.54, 1.807) is 38.1 Å². The number of rotatable bonds is 15. The van der Waals surface area contributed by atoms with Gasteiger partial charge in [-0.2, -0.15) is 0 Å². The third-order valence-electron chi connectivity index (χ3n) is 8.38. The molecule has 2 heterocycles. The summed E-state index contributed by atoms with van der Waals surface area (Å²) in [6.45, 7) is 7.56. The number of amides is 3. The van der Waals surface area contributed by atoms with Crippen molar-refractivity contribution in [3.63, 3.8) is 0 Å². The van der Waals surface area contributed by atoms with Crippen molar-refractivity contribution in [2.24, 2.45) is 0 Å². The maximum atomic E-state index is 14.9. The molecular formula is C32H46N4O11PS+. The van der Waals surface area contributed by atoms with Gasteiger partial charge in [-0.1, -0.05) is 43.7 Å². The summed E-state index contributed by atoms with van der Waals surface area (Å²) in [5.41, 5.74) is 0.548. The number of thiazole rings is 1. The molecule has 1 unspecified atom stereocenters. The fourth-order valence-corrected chi connectivity index (χ4v) is 7.23.